The fourth-order valence-electron chi connectivity index (χ4n) is 2.43. The third-order valence-electron chi connectivity index (χ3n) is 3.80. The molecule has 0 aromatic heterocycles. The maximum atomic E-state index is 13.7. The van der Waals surface area contributed by atoms with E-state index in [0.717, 1.165) is 18.4 Å². The molecule has 3 N–H and O–H groups in total. The Hall–Kier alpha value is -2.36. The van der Waals surface area contributed by atoms with Gasteiger partial charge in [-0.15, -0.1) is 0 Å². The fraction of sp³-hybridized carbons (Fsp3) is 0.188. The number of nitrogens with one attached hydrogen (secondary N) is 1. The van der Waals surface area contributed by atoms with Gasteiger partial charge < -0.3 is 11.1 Å². The highest BCUT2D eigenvalue weighted by Crippen LogP contribution is 2.49. The molecule has 0 unspecified atom stereocenters. The number of para-hydroxylation sites is 1. The Morgan fingerprint density at radius 1 is 1.10 bits per heavy atom. The number of nitrogen functional groups attached to an aromatic ring is 1. The van der Waals surface area contributed by atoms with Crippen molar-refractivity contribution in [3.05, 3.63) is 59.9 Å². The number of benzene rings is 2. The normalized spacial score (nSPS) is 15.7. The maximum absolute atomic E-state index is 13.7. The molecule has 0 aliphatic heterocycles. The smallest absolute Gasteiger partial charge is 0.235 e. The summed E-state index contributed by atoms with van der Waals surface area (Å²) in [6, 6.07) is 13.9. The zero-order valence-corrected chi connectivity index (χ0v) is 10.9. The fourth-order valence-corrected chi connectivity index (χ4v) is 2.43. The average molecular weight is 270 g/mol. The Bertz CT molecular complexity index is 631. The van der Waals surface area contributed by atoms with Crippen molar-refractivity contribution >= 4 is 17.3 Å². The summed E-state index contributed by atoms with van der Waals surface area (Å²) in [7, 11) is 0. The summed E-state index contributed by atoms with van der Waals surface area (Å²) < 4.78 is 13.7. The lowest BCUT2D eigenvalue weighted by Crippen LogP contribution is -2.28. The highest BCUT2D eigenvalue weighted by Gasteiger charge is 2.51. The highest BCUT2D eigenvalue weighted by atomic mass is 19.1. The number of hydrogen-bond donors (Lipinski definition) is 2. The zero-order chi connectivity index (χ0) is 14.2. The van der Waals surface area contributed by atoms with Crippen LogP contribution in [0.4, 0.5) is 15.8 Å². The van der Waals surface area contributed by atoms with Gasteiger partial charge in [0.25, 0.3) is 0 Å². The van der Waals surface area contributed by atoms with Gasteiger partial charge in [-0.1, -0.05) is 36.4 Å². The van der Waals surface area contributed by atoms with Crippen molar-refractivity contribution in [1.29, 1.82) is 0 Å². The van der Waals surface area contributed by atoms with E-state index in [9.17, 15) is 9.18 Å². The van der Waals surface area contributed by atoms with E-state index in [-0.39, 0.29) is 17.3 Å². The van der Waals surface area contributed by atoms with Crippen LogP contribution >= 0.6 is 0 Å². The van der Waals surface area contributed by atoms with Crippen LogP contribution in [0, 0.1) is 5.82 Å². The molecule has 0 heterocycles. The minimum atomic E-state index is -0.532. The summed E-state index contributed by atoms with van der Waals surface area (Å²) in [6.45, 7) is 0. The number of anilines is 2. The monoisotopic (exact) mass is 270 g/mol. The third kappa shape index (κ3) is 2.03. The predicted molar refractivity (Wildman–Crippen MR) is 76.8 cm³/mol. The lowest BCUT2D eigenvalue weighted by Gasteiger charge is -2.17. The Balaban J connectivity index is 1.88. The third-order valence-corrected chi connectivity index (χ3v) is 3.80. The Kier molecular flexibility index (Phi) is 2.93. The number of hydrogen-bond acceptors (Lipinski definition) is 2. The van der Waals surface area contributed by atoms with Crippen molar-refractivity contribution in [3.63, 3.8) is 0 Å². The van der Waals surface area contributed by atoms with E-state index >= 15 is 0 Å². The zero-order valence-electron chi connectivity index (χ0n) is 10.9. The van der Waals surface area contributed by atoms with Gasteiger partial charge in [0.15, 0.2) is 0 Å². The van der Waals surface area contributed by atoms with E-state index in [2.05, 4.69) is 5.32 Å². The van der Waals surface area contributed by atoms with E-state index in [1.165, 1.54) is 12.1 Å². The van der Waals surface area contributed by atoms with Crippen molar-refractivity contribution in [1.82, 2.24) is 0 Å². The topological polar surface area (TPSA) is 55.1 Å². The molecule has 4 heteroatoms. The Morgan fingerprint density at radius 3 is 2.40 bits per heavy atom. The van der Waals surface area contributed by atoms with Crippen LogP contribution < -0.4 is 11.1 Å². The summed E-state index contributed by atoms with van der Waals surface area (Å²) >= 11 is 0. The van der Waals surface area contributed by atoms with Crippen molar-refractivity contribution < 1.29 is 9.18 Å². The van der Waals surface area contributed by atoms with Crippen LogP contribution in [0.1, 0.15) is 18.4 Å². The van der Waals surface area contributed by atoms with Crippen LogP contribution in [-0.2, 0) is 10.2 Å². The average Bonchev–Trinajstić information content (AvgIpc) is 3.25. The van der Waals surface area contributed by atoms with Crippen LogP contribution in [-0.4, -0.2) is 5.91 Å². The molecule has 0 bridgehead atoms. The van der Waals surface area contributed by atoms with Gasteiger partial charge in [-0.3, -0.25) is 4.79 Å². The van der Waals surface area contributed by atoms with Crippen molar-refractivity contribution in [2.45, 2.75) is 18.3 Å². The Labute approximate surface area is 116 Å². The summed E-state index contributed by atoms with van der Waals surface area (Å²) in [6.07, 6.45) is 1.55. The van der Waals surface area contributed by atoms with E-state index < -0.39 is 11.2 Å². The second-order valence-electron chi connectivity index (χ2n) is 5.11. The van der Waals surface area contributed by atoms with Gasteiger partial charge in [-0.2, -0.15) is 0 Å². The van der Waals surface area contributed by atoms with Gasteiger partial charge in [0.05, 0.1) is 11.1 Å². The van der Waals surface area contributed by atoms with Gasteiger partial charge in [0, 0.05) is 0 Å². The SMILES string of the molecule is Nc1cccc(F)c1NC(=O)C1(c2ccccc2)CC1. The first-order chi connectivity index (χ1) is 9.63. The molecule has 1 aliphatic carbocycles. The molecule has 2 aromatic carbocycles. The second kappa shape index (κ2) is 4.63. The number of nitrogens with two attached hydrogens (primary N) is 1. The number of carbonyl (C=O) groups is 1. The molecule has 20 heavy (non-hydrogen) atoms. The van der Waals surface area contributed by atoms with Crippen molar-refractivity contribution in [2.75, 3.05) is 11.1 Å². The molecule has 3 nitrogen and oxygen atoms in total. The minimum absolute atomic E-state index is 0.0692. The first-order valence-electron chi connectivity index (χ1n) is 6.54. The molecule has 1 aliphatic rings. The van der Waals surface area contributed by atoms with Crippen LogP contribution in [0.2, 0.25) is 0 Å². The van der Waals surface area contributed by atoms with Gasteiger partial charge in [-0.25, -0.2) is 4.39 Å². The first-order valence-corrected chi connectivity index (χ1v) is 6.54. The van der Waals surface area contributed by atoms with E-state index in [0.29, 0.717) is 0 Å². The molecule has 0 radical (unpaired) electrons. The predicted octanol–water partition coefficient (Wildman–Crippen LogP) is 3.08. The lowest BCUT2D eigenvalue weighted by molar-refractivity contribution is -0.118. The Morgan fingerprint density at radius 2 is 1.80 bits per heavy atom. The largest absolute Gasteiger partial charge is 0.397 e. The van der Waals surface area contributed by atoms with Crippen LogP contribution in [0.5, 0.6) is 0 Å². The highest BCUT2D eigenvalue weighted by molar-refractivity contribution is 6.03. The molecule has 1 amide bonds. The van der Waals surface area contributed by atoms with Crippen LogP contribution in [0.3, 0.4) is 0 Å². The van der Waals surface area contributed by atoms with Crippen molar-refractivity contribution in [3.8, 4) is 0 Å². The molecular weight excluding hydrogens is 255 g/mol. The molecule has 0 saturated heterocycles. The van der Waals surface area contributed by atoms with E-state index in [4.69, 9.17) is 5.73 Å². The van der Waals surface area contributed by atoms with Crippen LogP contribution in [0.25, 0.3) is 0 Å². The molecule has 0 spiro atoms. The number of amides is 1. The molecule has 1 fully saturated rings. The molecular formula is C16H15FN2O. The minimum Gasteiger partial charge on any atom is -0.397 e. The van der Waals surface area contributed by atoms with E-state index in [1.54, 1.807) is 6.07 Å². The molecule has 1 saturated carbocycles. The molecule has 102 valence electrons. The summed E-state index contributed by atoms with van der Waals surface area (Å²) in [5, 5.41) is 2.64. The second-order valence-corrected chi connectivity index (χ2v) is 5.11. The van der Waals surface area contributed by atoms with E-state index in [1.807, 2.05) is 30.3 Å². The van der Waals surface area contributed by atoms with Gasteiger partial charge in [0.2, 0.25) is 5.91 Å². The summed E-state index contributed by atoms with van der Waals surface area (Å²) in [5.41, 5.74) is 6.46. The van der Waals surface area contributed by atoms with Gasteiger partial charge in [-0.05, 0) is 30.5 Å². The van der Waals surface area contributed by atoms with Gasteiger partial charge in [0.1, 0.15) is 11.5 Å². The van der Waals surface area contributed by atoms with Gasteiger partial charge >= 0.3 is 0 Å². The molecule has 0 atom stereocenters. The number of halogens is 1. The maximum Gasteiger partial charge on any atom is 0.235 e. The summed E-state index contributed by atoms with van der Waals surface area (Å²) in [4.78, 5) is 12.5. The van der Waals surface area contributed by atoms with Crippen LogP contribution in [0.15, 0.2) is 48.5 Å². The number of carbonyl (C=O) groups excluding carboxylic acids is 1. The molecule has 3 rings (SSSR count). The summed E-state index contributed by atoms with van der Waals surface area (Å²) in [5.74, 6) is -0.706. The molecule has 2 aromatic rings. The lowest BCUT2D eigenvalue weighted by atomic mass is 9.95. The number of rotatable bonds is 3. The van der Waals surface area contributed by atoms with Crippen molar-refractivity contribution in [2.24, 2.45) is 0 Å². The first kappa shape index (κ1) is 12.7. The quantitative estimate of drug-likeness (QED) is 0.842. The standard InChI is InChI=1S/C16H15FN2O/c17-12-7-4-8-13(18)14(12)19-15(20)16(9-10-16)11-5-2-1-3-6-11/h1-8H,9-10,18H2,(H,19,20).